The number of methoxy groups -OCH3 is 2. The summed E-state index contributed by atoms with van der Waals surface area (Å²) in [4.78, 5) is 37.3. The van der Waals surface area contributed by atoms with Gasteiger partial charge in [-0.25, -0.2) is 9.59 Å². The van der Waals surface area contributed by atoms with E-state index in [1.54, 1.807) is 23.9 Å². The molecule has 7 heteroatoms. The lowest BCUT2D eigenvalue weighted by Crippen LogP contribution is -2.15. The smallest absolute Gasteiger partial charge is 0.337 e. The van der Waals surface area contributed by atoms with Gasteiger partial charge in [-0.05, 0) is 30.3 Å². The maximum Gasteiger partial charge on any atom is 0.337 e. The monoisotopic (exact) mass is 387 g/mol. The Morgan fingerprint density at radius 3 is 2.00 bits per heavy atom. The van der Waals surface area contributed by atoms with E-state index in [2.05, 4.69) is 5.32 Å². The number of carbonyl (C=O) groups excluding carboxylic acids is 3. The first-order valence-electron chi connectivity index (χ1n) is 8.24. The third-order valence-corrected chi connectivity index (χ3v) is 4.61. The quantitative estimate of drug-likeness (QED) is 0.596. The summed E-state index contributed by atoms with van der Waals surface area (Å²) in [6.07, 6.45) is 0. The predicted octanol–water partition coefficient (Wildman–Crippen LogP) is 4.01. The fourth-order valence-corrected chi connectivity index (χ4v) is 3.33. The van der Waals surface area contributed by atoms with Gasteiger partial charge in [0, 0.05) is 15.8 Å². The third kappa shape index (κ3) is 5.34. The second kappa shape index (κ2) is 9.23. The standard InChI is InChI=1S/C20H21NO5S/c1-12(2)27-17-8-6-5-7-16(17)18(22)21-15-10-13(19(23)25-3)9-14(11-15)20(24)26-4/h5-12H,1-4H3,(H,21,22). The molecule has 0 aliphatic carbocycles. The number of carbonyl (C=O) groups is 3. The number of benzene rings is 2. The Hall–Kier alpha value is -2.80. The molecule has 27 heavy (non-hydrogen) atoms. The Bertz CT molecular complexity index is 829. The predicted molar refractivity (Wildman–Crippen MR) is 105 cm³/mol. The van der Waals surface area contributed by atoms with Crippen LogP contribution in [0.3, 0.4) is 0 Å². The minimum Gasteiger partial charge on any atom is -0.465 e. The van der Waals surface area contributed by atoms with Crippen molar-refractivity contribution in [3.8, 4) is 0 Å². The molecule has 0 saturated heterocycles. The second-order valence-electron chi connectivity index (χ2n) is 5.90. The molecule has 1 amide bonds. The van der Waals surface area contributed by atoms with E-state index in [0.717, 1.165) is 4.90 Å². The van der Waals surface area contributed by atoms with Gasteiger partial charge in [-0.15, -0.1) is 11.8 Å². The maximum absolute atomic E-state index is 12.8. The van der Waals surface area contributed by atoms with Crippen LogP contribution in [-0.4, -0.2) is 37.3 Å². The highest BCUT2D eigenvalue weighted by molar-refractivity contribution is 8.00. The van der Waals surface area contributed by atoms with Crippen LogP contribution in [0.4, 0.5) is 5.69 Å². The number of rotatable bonds is 6. The summed E-state index contributed by atoms with van der Waals surface area (Å²) in [5.74, 6) is -1.57. The SMILES string of the molecule is COC(=O)c1cc(NC(=O)c2ccccc2SC(C)C)cc(C(=O)OC)c1. The molecule has 0 aliphatic heterocycles. The minimum absolute atomic E-state index is 0.139. The Morgan fingerprint density at radius 2 is 1.48 bits per heavy atom. The number of esters is 2. The zero-order valence-corrected chi connectivity index (χ0v) is 16.4. The third-order valence-electron chi connectivity index (χ3n) is 3.53. The number of nitrogens with one attached hydrogen (secondary N) is 1. The van der Waals surface area contributed by atoms with Crippen LogP contribution < -0.4 is 5.32 Å². The fourth-order valence-electron chi connectivity index (χ4n) is 2.38. The van der Waals surface area contributed by atoms with E-state index in [1.807, 2.05) is 26.0 Å². The molecule has 2 aromatic carbocycles. The molecule has 0 spiro atoms. The van der Waals surface area contributed by atoms with E-state index in [0.29, 0.717) is 16.5 Å². The average Bonchev–Trinajstić information content (AvgIpc) is 2.66. The van der Waals surface area contributed by atoms with Crippen LogP contribution in [0.1, 0.15) is 44.9 Å². The first kappa shape index (κ1) is 20.5. The Labute approximate surface area is 162 Å². The van der Waals surface area contributed by atoms with E-state index in [1.165, 1.54) is 32.4 Å². The number of amides is 1. The zero-order chi connectivity index (χ0) is 20.0. The summed E-state index contributed by atoms with van der Waals surface area (Å²) in [5.41, 5.74) is 1.09. The molecule has 2 rings (SSSR count). The van der Waals surface area contributed by atoms with Gasteiger partial charge in [-0.1, -0.05) is 26.0 Å². The molecule has 0 aliphatic rings. The van der Waals surface area contributed by atoms with Crippen LogP contribution in [-0.2, 0) is 9.47 Å². The van der Waals surface area contributed by atoms with Crippen molar-refractivity contribution >= 4 is 35.3 Å². The van der Waals surface area contributed by atoms with Crippen LogP contribution in [0.15, 0.2) is 47.4 Å². The van der Waals surface area contributed by atoms with Crippen molar-refractivity contribution in [1.29, 1.82) is 0 Å². The molecule has 0 radical (unpaired) electrons. The average molecular weight is 387 g/mol. The topological polar surface area (TPSA) is 81.7 Å². The molecule has 0 aromatic heterocycles. The highest BCUT2D eigenvalue weighted by Crippen LogP contribution is 2.27. The van der Waals surface area contributed by atoms with E-state index in [-0.39, 0.29) is 17.0 Å². The molecule has 1 N–H and O–H groups in total. The second-order valence-corrected chi connectivity index (χ2v) is 7.52. The Balaban J connectivity index is 2.37. The van der Waals surface area contributed by atoms with Crippen molar-refractivity contribution in [2.75, 3.05) is 19.5 Å². The molecule has 2 aromatic rings. The Kier molecular flexibility index (Phi) is 7.01. The summed E-state index contributed by atoms with van der Waals surface area (Å²) < 4.78 is 9.41. The molecule has 0 atom stereocenters. The highest BCUT2D eigenvalue weighted by Gasteiger charge is 2.17. The molecular weight excluding hydrogens is 366 g/mol. The number of thioether (sulfide) groups is 1. The number of anilines is 1. The number of hydrogen-bond donors (Lipinski definition) is 1. The Morgan fingerprint density at radius 1 is 0.926 bits per heavy atom. The molecule has 0 unspecified atom stereocenters. The van der Waals surface area contributed by atoms with Crippen LogP contribution >= 0.6 is 11.8 Å². The van der Waals surface area contributed by atoms with Crippen molar-refractivity contribution in [1.82, 2.24) is 0 Å². The van der Waals surface area contributed by atoms with Gasteiger partial charge in [-0.2, -0.15) is 0 Å². The summed E-state index contributed by atoms with van der Waals surface area (Å²) in [6.45, 7) is 4.09. The lowest BCUT2D eigenvalue weighted by molar-refractivity contribution is 0.0599. The van der Waals surface area contributed by atoms with Gasteiger partial charge in [0.25, 0.3) is 5.91 Å². The van der Waals surface area contributed by atoms with Crippen LogP contribution in [0.2, 0.25) is 0 Å². The summed E-state index contributed by atoms with van der Waals surface area (Å²) in [6, 6.07) is 11.5. The van der Waals surface area contributed by atoms with Crippen LogP contribution in [0.5, 0.6) is 0 Å². The summed E-state index contributed by atoms with van der Waals surface area (Å²) in [7, 11) is 2.48. The summed E-state index contributed by atoms with van der Waals surface area (Å²) in [5, 5.41) is 3.06. The lowest BCUT2D eigenvalue weighted by atomic mass is 10.1. The van der Waals surface area contributed by atoms with Gasteiger partial charge >= 0.3 is 11.9 Å². The lowest BCUT2D eigenvalue weighted by Gasteiger charge is -2.13. The molecule has 0 heterocycles. The molecule has 0 saturated carbocycles. The molecular formula is C20H21NO5S. The van der Waals surface area contributed by atoms with Gasteiger partial charge < -0.3 is 14.8 Å². The van der Waals surface area contributed by atoms with E-state index in [4.69, 9.17) is 9.47 Å². The van der Waals surface area contributed by atoms with Crippen molar-refractivity contribution < 1.29 is 23.9 Å². The minimum atomic E-state index is -0.619. The van der Waals surface area contributed by atoms with Crippen LogP contribution in [0, 0.1) is 0 Å². The summed E-state index contributed by atoms with van der Waals surface area (Å²) >= 11 is 1.58. The first-order valence-corrected chi connectivity index (χ1v) is 9.12. The van der Waals surface area contributed by atoms with E-state index >= 15 is 0 Å². The molecule has 6 nitrogen and oxygen atoms in total. The largest absolute Gasteiger partial charge is 0.465 e. The van der Waals surface area contributed by atoms with E-state index < -0.39 is 11.9 Å². The highest BCUT2D eigenvalue weighted by atomic mass is 32.2. The fraction of sp³-hybridized carbons (Fsp3) is 0.250. The van der Waals surface area contributed by atoms with Crippen molar-refractivity contribution in [3.63, 3.8) is 0 Å². The normalized spacial score (nSPS) is 10.4. The van der Waals surface area contributed by atoms with Gasteiger partial charge in [0.2, 0.25) is 0 Å². The van der Waals surface area contributed by atoms with Crippen molar-refractivity contribution in [3.05, 3.63) is 59.2 Å². The maximum atomic E-state index is 12.8. The van der Waals surface area contributed by atoms with Crippen molar-refractivity contribution in [2.45, 2.75) is 24.0 Å². The first-order chi connectivity index (χ1) is 12.8. The van der Waals surface area contributed by atoms with E-state index in [9.17, 15) is 14.4 Å². The number of ether oxygens (including phenoxy) is 2. The van der Waals surface area contributed by atoms with Gasteiger partial charge in [-0.3, -0.25) is 4.79 Å². The molecule has 142 valence electrons. The van der Waals surface area contributed by atoms with Gasteiger partial charge in [0.1, 0.15) is 0 Å². The van der Waals surface area contributed by atoms with Gasteiger partial charge in [0.15, 0.2) is 0 Å². The van der Waals surface area contributed by atoms with Crippen LogP contribution in [0.25, 0.3) is 0 Å². The van der Waals surface area contributed by atoms with Crippen molar-refractivity contribution in [2.24, 2.45) is 0 Å². The number of hydrogen-bond acceptors (Lipinski definition) is 6. The molecule has 0 fully saturated rings. The molecule has 0 bridgehead atoms. The van der Waals surface area contributed by atoms with Gasteiger partial charge in [0.05, 0.1) is 30.9 Å². The zero-order valence-electron chi connectivity index (χ0n) is 15.6.